The molecule has 0 spiro atoms. The van der Waals surface area contributed by atoms with Crippen LogP contribution in [0.4, 0.5) is 0 Å². The van der Waals surface area contributed by atoms with Crippen molar-refractivity contribution in [1.82, 2.24) is 10.2 Å². The Labute approximate surface area is 131 Å². The summed E-state index contributed by atoms with van der Waals surface area (Å²) >= 11 is 0. The first-order chi connectivity index (χ1) is 10.5. The smallest absolute Gasteiger partial charge is 0.243 e. The van der Waals surface area contributed by atoms with Crippen LogP contribution in [0, 0.1) is 17.8 Å². The Bertz CT molecular complexity index is 496. The van der Waals surface area contributed by atoms with E-state index in [1.54, 1.807) is 0 Å². The van der Waals surface area contributed by atoms with E-state index < -0.39 is 6.04 Å². The molecule has 2 aliphatic carbocycles. The third-order valence-corrected chi connectivity index (χ3v) is 4.77. The molecule has 0 unspecified atom stereocenters. The number of rotatable bonds is 5. The quantitative estimate of drug-likeness (QED) is 0.620. The molecule has 3 atom stereocenters. The molecule has 0 bridgehead atoms. The van der Waals surface area contributed by atoms with Crippen LogP contribution in [-0.2, 0) is 14.4 Å². The summed E-state index contributed by atoms with van der Waals surface area (Å²) in [7, 11) is 0. The minimum atomic E-state index is -0.647. The van der Waals surface area contributed by atoms with E-state index in [-0.39, 0.29) is 41.5 Å². The number of allylic oxidation sites excluding steroid dienone is 2. The number of fused-ring (bicyclic) bond motifs is 1. The second kappa shape index (κ2) is 5.86. The second-order valence-electron chi connectivity index (χ2n) is 7.13. The van der Waals surface area contributed by atoms with Crippen LogP contribution in [0.15, 0.2) is 12.2 Å². The number of carbonyl (C=O) groups is 3. The van der Waals surface area contributed by atoms with Crippen molar-refractivity contribution >= 4 is 17.7 Å². The standard InChI is InChI=1S/C17H24N2O3/c1-10(2)9-14(15(20)18-11-7-8-11)19-16(21)12-5-3-4-6-13(12)17(19)22/h3-4,10-14H,5-9H2,1-2H3,(H,18,20)/t12-,13+,14-/m1/s1. The number of imide groups is 1. The fourth-order valence-corrected chi connectivity index (χ4v) is 3.43. The van der Waals surface area contributed by atoms with Crippen LogP contribution >= 0.6 is 0 Å². The van der Waals surface area contributed by atoms with Crippen molar-refractivity contribution in [1.29, 1.82) is 0 Å². The lowest BCUT2D eigenvalue weighted by Crippen LogP contribution is -2.51. The summed E-state index contributed by atoms with van der Waals surface area (Å²) in [5.41, 5.74) is 0. The lowest BCUT2D eigenvalue weighted by Gasteiger charge is -2.27. The van der Waals surface area contributed by atoms with Gasteiger partial charge < -0.3 is 5.32 Å². The maximum absolute atomic E-state index is 12.7. The summed E-state index contributed by atoms with van der Waals surface area (Å²) in [4.78, 5) is 39.2. The molecular formula is C17H24N2O3. The molecule has 2 fully saturated rings. The summed E-state index contributed by atoms with van der Waals surface area (Å²) in [5.74, 6) is -0.755. The Balaban J connectivity index is 1.81. The number of hydrogen-bond donors (Lipinski definition) is 1. The second-order valence-corrected chi connectivity index (χ2v) is 7.13. The van der Waals surface area contributed by atoms with Gasteiger partial charge in [-0.25, -0.2) is 0 Å². The first-order valence-corrected chi connectivity index (χ1v) is 8.31. The van der Waals surface area contributed by atoms with Gasteiger partial charge >= 0.3 is 0 Å². The van der Waals surface area contributed by atoms with Crippen molar-refractivity contribution in [2.75, 3.05) is 0 Å². The van der Waals surface area contributed by atoms with Crippen molar-refractivity contribution < 1.29 is 14.4 Å². The fourth-order valence-electron chi connectivity index (χ4n) is 3.43. The van der Waals surface area contributed by atoms with Crippen molar-refractivity contribution in [3.8, 4) is 0 Å². The Morgan fingerprint density at radius 1 is 1.18 bits per heavy atom. The molecule has 22 heavy (non-hydrogen) atoms. The maximum Gasteiger partial charge on any atom is 0.243 e. The molecule has 1 saturated carbocycles. The SMILES string of the molecule is CC(C)C[C@H](C(=O)NC1CC1)N1C(=O)[C@H]2CC=CC[C@H]2C1=O. The predicted octanol–water partition coefficient (Wildman–Crippen LogP) is 1.63. The Morgan fingerprint density at radius 2 is 1.73 bits per heavy atom. The summed E-state index contributed by atoms with van der Waals surface area (Å²) < 4.78 is 0. The van der Waals surface area contributed by atoms with Crippen LogP contribution in [0.1, 0.15) is 46.0 Å². The van der Waals surface area contributed by atoms with Crippen molar-refractivity contribution in [2.45, 2.75) is 58.0 Å². The number of amides is 3. The van der Waals surface area contributed by atoms with Crippen LogP contribution in [0.3, 0.4) is 0 Å². The van der Waals surface area contributed by atoms with Crippen molar-refractivity contribution in [3.63, 3.8) is 0 Å². The summed E-state index contributed by atoms with van der Waals surface area (Å²) in [6.07, 6.45) is 7.70. The number of nitrogens with zero attached hydrogens (tertiary/aromatic N) is 1. The van der Waals surface area contributed by atoms with Gasteiger partial charge in [-0.15, -0.1) is 0 Å². The van der Waals surface area contributed by atoms with Crippen molar-refractivity contribution in [2.24, 2.45) is 17.8 Å². The average Bonchev–Trinajstić information content (AvgIpc) is 3.25. The highest BCUT2D eigenvalue weighted by Crippen LogP contribution is 2.37. The molecule has 3 aliphatic rings. The molecule has 3 rings (SSSR count). The molecule has 0 aromatic heterocycles. The van der Waals surface area contributed by atoms with Gasteiger partial charge in [-0.1, -0.05) is 26.0 Å². The van der Waals surface area contributed by atoms with Gasteiger partial charge in [0.25, 0.3) is 0 Å². The van der Waals surface area contributed by atoms with Gasteiger partial charge in [0.15, 0.2) is 0 Å². The first kappa shape index (κ1) is 15.3. The molecule has 0 radical (unpaired) electrons. The molecule has 5 nitrogen and oxygen atoms in total. The zero-order chi connectivity index (χ0) is 15.9. The van der Waals surface area contributed by atoms with Gasteiger partial charge in [-0.05, 0) is 38.0 Å². The Hall–Kier alpha value is -1.65. The Kier molecular flexibility index (Phi) is 4.06. The zero-order valence-electron chi connectivity index (χ0n) is 13.2. The topological polar surface area (TPSA) is 66.5 Å². The van der Waals surface area contributed by atoms with E-state index >= 15 is 0 Å². The lowest BCUT2D eigenvalue weighted by atomic mass is 9.85. The number of hydrogen-bond acceptors (Lipinski definition) is 3. The monoisotopic (exact) mass is 304 g/mol. The molecular weight excluding hydrogens is 280 g/mol. The van der Waals surface area contributed by atoms with E-state index in [0.29, 0.717) is 19.3 Å². The molecule has 1 heterocycles. The molecule has 120 valence electrons. The van der Waals surface area contributed by atoms with Crippen LogP contribution in [-0.4, -0.2) is 34.7 Å². The molecule has 0 aromatic carbocycles. The van der Waals surface area contributed by atoms with Gasteiger partial charge in [0.1, 0.15) is 6.04 Å². The molecule has 0 aromatic rings. The summed E-state index contributed by atoms with van der Waals surface area (Å²) in [6.45, 7) is 4.02. The summed E-state index contributed by atoms with van der Waals surface area (Å²) in [5, 5.41) is 2.96. The number of nitrogens with one attached hydrogen (secondary N) is 1. The number of likely N-dealkylation sites (tertiary alicyclic amines) is 1. The van der Waals surface area contributed by atoms with E-state index in [1.165, 1.54) is 4.90 Å². The Morgan fingerprint density at radius 3 is 2.18 bits per heavy atom. The molecule has 3 amide bonds. The third kappa shape index (κ3) is 2.81. The molecule has 1 aliphatic heterocycles. The highest BCUT2D eigenvalue weighted by Gasteiger charge is 2.51. The zero-order valence-corrected chi connectivity index (χ0v) is 13.2. The van der Waals surface area contributed by atoms with E-state index in [1.807, 2.05) is 26.0 Å². The minimum absolute atomic E-state index is 0.157. The fraction of sp³-hybridized carbons (Fsp3) is 0.706. The lowest BCUT2D eigenvalue weighted by molar-refractivity contribution is -0.148. The van der Waals surface area contributed by atoms with Gasteiger partial charge in [0, 0.05) is 6.04 Å². The molecule has 1 N–H and O–H groups in total. The number of carbonyl (C=O) groups excluding carboxylic acids is 3. The first-order valence-electron chi connectivity index (χ1n) is 8.31. The van der Waals surface area contributed by atoms with Crippen LogP contribution < -0.4 is 5.32 Å². The van der Waals surface area contributed by atoms with E-state index in [0.717, 1.165) is 12.8 Å². The van der Waals surface area contributed by atoms with Crippen LogP contribution in [0.25, 0.3) is 0 Å². The van der Waals surface area contributed by atoms with Crippen molar-refractivity contribution in [3.05, 3.63) is 12.2 Å². The van der Waals surface area contributed by atoms with E-state index in [9.17, 15) is 14.4 Å². The molecule has 1 saturated heterocycles. The van der Waals surface area contributed by atoms with Gasteiger partial charge in [0.2, 0.25) is 17.7 Å². The molecule has 5 heteroatoms. The van der Waals surface area contributed by atoms with Gasteiger partial charge in [-0.3, -0.25) is 19.3 Å². The highest BCUT2D eigenvalue weighted by molar-refractivity contribution is 6.08. The van der Waals surface area contributed by atoms with E-state index in [4.69, 9.17) is 0 Å². The predicted molar refractivity (Wildman–Crippen MR) is 81.6 cm³/mol. The van der Waals surface area contributed by atoms with E-state index in [2.05, 4.69) is 5.32 Å². The van der Waals surface area contributed by atoms with Crippen LogP contribution in [0.2, 0.25) is 0 Å². The average molecular weight is 304 g/mol. The summed E-state index contributed by atoms with van der Waals surface area (Å²) in [6, 6.07) is -0.412. The minimum Gasteiger partial charge on any atom is -0.352 e. The van der Waals surface area contributed by atoms with Gasteiger partial charge in [0.05, 0.1) is 11.8 Å². The highest BCUT2D eigenvalue weighted by atomic mass is 16.2. The maximum atomic E-state index is 12.7. The normalized spacial score (nSPS) is 29.0. The largest absolute Gasteiger partial charge is 0.352 e. The third-order valence-electron chi connectivity index (χ3n) is 4.77. The van der Waals surface area contributed by atoms with Gasteiger partial charge in [-0.2, -0.15) is 0 Å². The van der Waals surface area contributed by atoms with Crippen LogP contribution in [0.5, 0.6) is 0 Å².